The predicted molar refractivity (Wildman–Crippen MR) is 69.0 cm³/mol. The van der Waals surface area contributed by atoms with Gasteiger partial charge >= 0.3 is 0 Å². The Morgan fingerprint density at radius 2 is 2.00 bits per heavy atom. The Labute approximate surface area is 113 Å². The molecule has 0 radical (unpaired) electrons. The molecule has 0 fully saturated rings. The van der Waals surface area contributed by atoms with Crippen LogP contribution in [0.1, 0.15) is 0 Å². The number of halogens is 1. The lowest BCUT2D eigenvalue weighted by molar-refractivity contribution is -0.385. The van der Waals surface area contributed by atoms with E-state index in [-0.39, 0.29) is 5.69 Å². The van der Waals surface area contributed by atoms with Crippen LogP contribution in [-0.2, 0) is 9.47 Å². The summed E-state index contributed by atoms with van der Waals surface area (Å²) >= 11 is 3.27. The molecule has 18 heavy (non-hydrogen) atoms. The zero-order valence-electron chi connectivity index (χ0n) is 9.93. The van der Waals surface area contributed by atoms with Crippen LogP contribution in [0, 0.1) is 10.1 Å². The average Bonchev–Trinajstić information content (AvgIpc) is 2.35. The average molecular weight is 320 g/mol. The fourth-order valence-corrected chi connectivity index (χ4v) is 1.53. The van der Waals surface area contributed by atoms with Crippen molar-refractivity contribution >= 4 is 21.6 Å². The van der Waals surface area contributed by atoms with Crippen LogP contribution >= 0.6 is 15.9 Å². The maximum atomic E-state index is 10.6. The predicted octanol–water partition coefficient (Wildman–Crippen LogP) is 2.40. The van der Waals surface area contributed by atoms with Gasteiger partial charge in [-0.2, -0.15) is 0 Å². The first-order valence-corrected chi connectivity index (χ1v) is 6.08. The second kappa shape index (κ2) is 8.02. The smallest absolute Gasteiger partial charge is 0.273 e. The van der Waals surface area contributed by atoms with Crippen molar-refractivity contribution in [3.63, 3.8) is 0 Å². The molecule has 0 bridgehead atoms. The number of nitrogens with zero attached hydrogens (tertiary/aromatic N) is 1. The molecule has 0 aliphatic rings. The number of ether oxygens (including phenoxy) is 3. The van der Waals surface area contributed by atoms with E-state index in [0.29, 0.717) is 36.6 Å². The molecular formula is C11H14BrNO5. The molecule has 1 rings (SSSR count). The molecule has 0 atom stereocenters. The molecule has 7 heteroatoms. The van der Waals surface area contributed by atoms with Crippen molar-refractivity contribution in [3.8, 4) is 5.75 Å². The minimum atomic E-state index is -0.464. The van der Waals surface area contributed by atoms with Crippen molar-refractivity contribution in [3.05, 3.63) is 32.8 Å². The zero-order valence-corrected chi connectivity index (χ0v) is 11.5. The minimum absolute atomic E-state index is 0.00602. The van der Waals surface area contributed by atoms with Crippen LogP contribution in [0.5, 0.6) is 5.75 Å². The van der Waals surface area contributed by atoms with E-state index in [0.717, 1.165) is 0 Å². The second-order valence-electron chi connectivity index (χ2n) is 3.33. The van der Waals surface area contributed by atoms with E-state index in [1.165, 1.54) is 12.1 Å². The van der Waals surface area contributed by atoms with Crippen LogP contribution in [0.3, 0.4) is 0 Å². The van der Waals surface area contributed by atoms with E-state index in [1.807, 2.05) is 0 Å². The summed E-state index contributed by atoms with van der Waals surface area (Å²) in [6.45, 7) is 1.75. The first-order chi connectivity index (χ1) is 8.65. The van der Waals surface area contributed by atoms with Crippen molar-refractivity contribution in [2.24, 2.45) is 0 Å². The Hall–Kier alpha value is -1.18. The molecule has 0 saturated heterocycles. The molecule has 0 N–H and O–H groups in total. The first kappa shape index (κ1) is 14.9. The lowest BCUT2D eigenvalue weighted by atomic mass is 10.3. The van der Waals surface area contributed by atoms with E-state index in [4.69, 9.17) is 14.2 Å². The summed E-state index contributed by atoms with van der Waals surface area (Å²) in [6.07, 6.45) is 0. The molecule has 1 aromatic rings. The summed E-state index contributed by atoms with van der Waals surface area (Å²) in [5.41, 5.74) is -0.00602. The fraction of sp³-hybridized carbons (Fsp3) is 0.455. The topological polar surface area (TPSA) is 70.8 Å². The Balaban J connectivity index is 2.41. The Kier molecular flexibility index (Phi) is 6.63. The quantitative estimate of drug-likeness (QED) is 0.418. The normalized spacial score (nSPS) is 10.3. The van der Waals surface area contributed by atoms with E-state index in [1.54, 1.807) is 13.2 Å². The molecule has 0 unspecified atom stereocenters. The molecule has 0 aliphatic heterocycles. The fourth-order valence-electron chi connectivity index (χ4n) is 1.17. The van der Waals surface area contributed by atoms with Gasteiger partial charge in [0.05, 0.1) is 35.3 Å². The number of non-ortho nitro benzene ring substituents is 1. The van der Waals surface area contributed by atoms with Crippen molar-refractivity contribution in [1.82, 2.24) is 0 Å². The van der Waals surface area contributed by atoms with Crippen LogP contribution < -0.4 is 4.74 Å². The monoisotopic (exact) mass is 319 g/mol. The van der Waals surface area contributed by atoms with Gasteiger partial charge in [-0.25, -0.2) is 0 Å². The Morgan fingerprint density at radius 3 is 2.67 bits per heavy atom. The van der Waals surface area contributed by atoms with Gasteiger partial charge < -0.3 is 14.2 Å². The summed E-state index contributed by atoms with van der Waals surface area (Å²) < 4.78 is 16.1. The third-order valence-electron chi connectivity index (χ3n) is 2.04. The third kappa shape index (κ3) is 4.99. The van der Waals surface area contributed by atoms with Gasteiger partial charge in [0.2, 0.25) is 0 Å². The number of hydrogen-bond acceptors (Lipinski definition) is 5. The Morgan fingerprint density at radius 1 is 1.28 bits per heavy atom. The first-order valence-electron chi connectivity index (χ1n) is 5.28. The number of nitro groups is 1. The highest BCUT2D eigenvalue weighted by Gasteiger charge is 2.10. The summed E-state index contributed by atoms with van der Waals surface area (Å²) in [4.78, 5) is 10.1. The number of methoxy groups -OCH3 is 1. The lowest BCUT2D eigenvalue weighted by Crippen LogP contribution is -2.10. The van der Waals surface area contributed by atoms with Crippen LogP contribution in [0.4, 0.5) is 5.69 Å². The second-order valence-corrected chi connectivity index (χ2v) is 4.18. The van der Waals surface area contributed by atoms with Crippen molar-refractivity contribution in [2.45, 2.75) is 0 Å². The lowest BCUT2D eigenvalue weighted by Gasteiger charge is -2.08. The molecule has 1 aromatic carbocycles. The summed E-state index contributed by atoms with van der Waals surface area (Å²) in [7, 11) is 1.60. The van der Waals surface area contributed by atoms with Gasteiger partial charge in [-0.1, -0.05) is 0 Å². The number of nitro benzene ring substituents is 1. The van der Waals surface area contributed by atoms with Gasteiger partial charge in [0.1, 0.15) is 12.4 Å². The third-order valence-corrected chi connectivity index (χ3v) is 2.70. The van der Waals surface area contributed by atoms with Crippen molar-refractivity contribution < 1.29 is 19.1 Å². The van der Waals surface area contributed by atoms with Crippen molar-refractivity contribution in [2.75, 3.05) is 33.5 Å². The molecule has 6 nitrogen and oxygen atoms in total. The molecule has 0 aromatic heterocycles. The van der Waals surface area contributed by atoms with E-state index < -0.39 is 4.92 Å². The molecule has 0 aliphatic carbocycles. The van der Waals surface area contributed by atoms with Crippen LogP contribution in [0.2, 0.25) is 0 Å². The standard InChI is InChI=1S/C11H14BrNO5/c1-16-4-5-17-6-7-18-11-8-9(13(14)15)2-3-10(11)12/h2-3,8H,4-7H2,1H3. The maximum absolute atomic E-state index is 10.6. The molecule has 0 spiro atoms. The van der Waals surface area contributed by atoms with Crippen LogP contribution in [-0.4, -0.2) is 38.5 Å². The highest BCUT2D eigenvalue weighted by atomic mass is 79.9. The highest BCUT2D eigenvalue weighted by Crippen LogP contribution is 2.29. The zero-order chi connectivity index (χ0) is 13.4. The van der Waals surface area contributed by atoms with Gasteiger partial charge in [0, 0.05) is 13.2 Å². The van der Waals surface area contributed by atoms with Crippen LogP contribution in [0.25, 0.3) is 0 Å². The summed E-state index contributed by atoms with van der Waals surface area (Å²) in [5.74, 6) is 0.430. The molecule has 0 amide bonds. The number of rotatable bonds is 8. The van der Waals surface area contributed by atoms with Gasteiger partial charge in [0.15, 0.2) is 0 Å². The SMILES string of the molecule is COCCOCCOc1cc([N+](=O)[O-])ccc1Br. The number of hydrogen-bond donors (Lipinski definition) is 0. The summed E-state index contributed by atoms with van der Waals surface area (Å²) in [5, 5.41) is 10.6. The molecule has 0 saturated carbocycles. The van der Waals surface area contributed by atoms with Gasteiger partial charge in [-0.3, -0.25) is 10.1 Å². The molecule has 100 valence electrons. The summed E-state index contributed by atoms with van der Waals surface area (Å²) in [6, 6.07) is 4.37. The van der Waals surface area contributed by atoms with Gasteiger partial charge in [0.25, 0.3) is 5.69 Å². The van der Waals surface area contributed by atoms with Crippen molar-refractivity contribution in [1.29, 1.82) is 0 Å². The van der Waals surface area contributed by atoms with Gasteiger partial charge in [-0.15, -0.1) is 0 Å². The molecular weight excluding hydrogens is 306 g/mol. The van der Waals surface area contributed by atoms with Crippen LogP contribution in [0.15, 0.2) is 22.7 Å². The van der Waals surface area contributed by atoms with E-state index >= 15 is 0 Å². The van der Waals surface area contributed by atoms with Gasteiger partial charge in [-0.05, 0) is 22.0 Å². The highest BCUT2D eigenvalue weighted by molar-refractivity contribution is 9.10. The largest absolute Gasteiger partial charge is 0.490 e. The van der Waals surface area contributed by atoms with E-state index in [9.17, 15) is 10.1 Å². The van der Waals surface area contributed by atoms with E-state index in [2.05, 4.69) is 15.9 Å². The molecule has 0 heterocycles. The minimum Gasteiger partial charge on any atom is -0.490 e. The number of benzene rings is 1. The Bertz CT molecular complexity index is 399. The maximum Gasteiger partial charge on any atom is 0.273 e.